The minimum atomic E-state index is 0.296. The number of para-hydroxylation sites is 9. The molecule has 0 N–H and O–H groups in total. The van der Waals surface area contributed by atoms with Crippen molar-refractivity contribution in [2.75, 3.05) is 0 Å². The number of nitrogens with zero attached hydrogens (tertiary/aromatic N) is 9. The number of benzene rings is 14. The Hall–Kier alpha value is -14.0. The summed E-state index contributed by atoms with van der Waals surface area (Å²) in [5, 5.41) is 33.0. The van der Waals surface area contributed by atoms with Gasteiger partial charge in [0, 0.05) is 70.7 Å². The van der Waals surface area contributed by atoms with Gasteiger partial charge in [-0.25, -0.2) is 9.69 Å². The number of nitriles is 2. The van der Waals surface area contributed by atoms with Crippen LogP contribution in [-0.4, -0.2) is 22.8 Å². The highest BCUT2D eigenvalue weighted by molar-refractivity contribution is 6.20. The number of hydrogen-bond acceptors (Lipinski definition) is 2. The lowest BCUT2D eigenvalue weighted by Crippen LogP contribution is -2.16. The molecule has 0 radical (unpaired) electrons. The van der Waals surface area contributed by atoms with Crippen LogP contribution in [0.15, 0.2) is 297 Å². The Kier molecular flexibility index (Phi) is 12.0. The molecule has 9 nitrogen and oxygen atoms in total. The van der Waals surface area contributed by atoms with Crippen LogP contribution in [0.1, 0.15) is 11.1 Å². The fraction of sp³-hybridized carbons (Fsp3) is 0. The van der Waals surface area contributed by atoms with Gasteiger partial charge in [-0.15, -0.1) is 0 Å². The summed E-state index contributed by atoms with van der Waals surface area (Å²) >= 11 is 0. The molecule has 9 heteroatoms. The summed E-state index contributed by atoms with van der Waals surface area (Å²) in [6.07, 6.45) is 0. The van der Waals surface area contributed by atoms with E-state index in [4.69, 9.17) is 13.1 Å². The summed E-state index contributed by atoms with van der Waals surface area (Å²) in [6.45, 7) is 17.6. The zero-order chi connectivity index (χ0) is 64.6. The molecule has 14 aromatic carbocycles. The van der Waals surface area contributed by atoms with E-state index in [1.165, 1.54) is 5.39 Å². The first-order valence-corrected chi connectivity index (χ1v) is 32.2. The molecular weight excluding hydrogens is 1180 g/mol. The van der Waals surface area contributed by atoms with Gasteiger partial charge in [-0.2, -0.15) is 10.5 Å². The lowest BCUT2D eigenvalue weighted by atomic mass is 9.88. The maximum atomic E-state index is 11.3. The van der Waals surface area contributed by atoms with Gasteiger partial charge in [-0.1, -0.05) is 194 Å². The second-order valence-electron chi connectivity index (χ2n) is 24.7. The lowest BCUT2D eigenvalue weighted by Gasteiger charge is -2.31. The third kappa shape index (κ3) is 8.02. The average Bonchev–Trinajstić information content (AvgIpc) is 1.63. The van der Waals surface area contributed by atoms with Crippen LogP contribution in [0.4, 0.5) is 11.4 Å². The van der Waals surface area contributed by atoms with Crippen molar-refractivity contribution < 1.29 is 0 Å². The zero-order valence-corrected chi connectivity index (χ0v) is 51.8. The molecule has 0 aliphatic carbocycles. The summed E-state index contributed by atoms with van der Waals surface area (Å²) in [7, 11) is 0. The normalized spacial score (nSPS) is 11.7. The first kappa shape index (κ1) is 54.7. The van der Waals surface area contributed by atoms with Crippen LogP contribution in [0.5, 0.6) is 0 Å². The smallest absolute Gasteiger partial charge is 0.177 e. The van der Waals surface area contributed by atoms with E-state index in [9.17, 15) is 10.5 Å². The maximum Gasteiger partial charge on any atom is 0.177 e. The number of hydrogen-bond donors (Lipinski definition) is 0. The number of fused-ring (bicyclic) bond motifs is 15. The fourth-order valence-corrected chi connectivity index (χ4v) is 15.8. The van der Waals surface area contributed by atoms with E-state index < -0.39 is 0 Å². The highest BCUT2D eigenvalue weighted by Gasteiger charge is 2.36. The van der Waals surface area contributed by atoms with Gasteiger partial charge in [0.1, 0.15) is 0 Å². The Labute approximate surface area is 555 Å². The van der Waals surface area contributed by atoms with Gasteiger partial charge in [0.05, 0.1) is 114 Å². The lowest BCUT2D eigenvalue weighted by molar-refractivity contribution is 1.04. The minimum Gasteiger partial charge on any atom is -0.309 e. The number of rotatable bonds is 8. The molecule has 446 valence electrons. The van der Waals surface area contributed by atoms with Gasteiger partial charge in [-0.3, -0.25) is 0 Å². The Morgan fingerprint density at radius 3 is 0.887 bits per heavy atom. The zero-order valence-electron chi connectivity index (χ0n) is 51.8. The molecule has 19 rings (SSSR count). The molecule has 97 heavy (non-hydrogen) atoms. The van der Waals surface area contributed by atoms with E-state index in [0.29, 0.717) is 50.4 Å². The van der Waals surface area contributed by atoms with Gasteiger partial charge in [0.25, 0.3) is 0 Å². The fourth-order valence-electron chi connectivity index (χ4n) is 15.8. The monoisotopic (exact) mass is 1230 g/mol. The molecule has 0 aliphatic heterocycles. The largest absolute Gasteiger partial charge is 0.309 e. The van der Waals surface area contributed by atoms with Crippen molar-refractivity contribution in [1.29, 1.82) is 10.5 Å². The molecule has 5 heterocycles. The molecule has 0 atom stereocenters. The van der Waals surface area contributed by atoms with Gasteiger partial charge < -0.3 is 22.8 Å². The summed E-state index contributed by atoms with van der Waals surface area (Å²) < 4.78 is 12.0. The van der Waals surface area contributed by atoms with Crippen LogP contribution < -0.4 is 0 Å². The van der Waals surface area contributed by atoms with Crippen molar-refractivity contribution in [1.82, 2.24) is 22.8 Å². The predicted molar refractivity (Wildman–Crippen MR) is 396 cm³/mol. The molecule has 0 spiro atoms. The van der Waals surface area contributed by atoms with Crippen molar-refractivity contribution in [3.63, 3.8) is 0 Å². The van der Waals surface area contributed by atoms with E-state index in [2.05, 4.69) is 306 Å². The molecule has 0 fully saturated rings. The van der Waals surface area contributed by atoms with Crippen LogP contribution in [-0.2, 0) is 0 Å². The third-order valence-corrected chi connectivity index (χ3v) is 19.7. The summed E-state index contributed by atoms with van der Waals surface area (Å²) in [5.74, 6) is 0. The first-order chi connectivity index (χ1) is 48.0. The third-order valence-electron chi connectivity index (χ3n) is 19.7. The van der Waals surface area contributed by atoms with Crippen LogP contribution in [0.3, 0.4) is 0 Å². The van der Waals surface area contributed by atoms with Crippen LogP contribution in [0, 0.1) is 35.8 Å². The molecule has 0 bridgehead atoms. The summed E-state index contributed by atoms with van der Waals surface area (Å²) in [6, 6.07) is 109. The summed E-state index contributed by atoms with van der Waals surface area (Å²) in [5.41, 5.74) is 19.6. The summed E-state index contributed by atoms with van der Waals surface area (Å²) in [4.78, 5) is 8.29. The Morgan fingerprint density at radius 1 is 0.237 bits per heavy atom. The van der Waals surface area contributed by atoms with Gasteiger partial charge in [-0.05, 0) is 125 Å². The predicted octanol–water partition coefficient (Wildman–Crippen LogP) is 23.0. The maximum absolute atomic E-state index is 11.3. The van der Waals surface area contributed by atoms with E-state index in [1.54, 1.807) is 12.1 Å². The molecule has 5 aromatic heterocycles. The average molecular weight is 1230 g/mol. The minimum absolute atomic E-state index is 0.296. The Morgan fingerprint density at radius 2 is 0.526 bits per heavy atom. The Bertz CT molecular complexity index is 6380. The second kappa shape index (κ2) is 21.3. The topological polar surface area (TPSA) is 81.0 Å². The van der Waals surface area contributed by atoms with Gasteiger partial charge in [0.15, 0.2) is 11.4 Å². The highest BCUT2D eigenvalue weighted by Crippen LogP contribution is 2.56. The van der Waals surface area contributed by atoms with Crippen LogP contribution >= 0.6 is 0 Å². The number of aromatic nitrogens is 5. The van der Waals surface area contributed by atoms with Gasteiger partial charge in [0.2, 0.25) is 0 Å². The quantitative estimate of drug-likeness (QED) is 0.142. The van der Waals surface area contributed by atoms with E-state index in [0.717, 1.165) is 138 Å². The second-order valence-corrected chi connectivity index (χ2v) is 24.7. The molecular formula is C88H49N9. The molecule has 0 amide bonds. The van der Waals surface area contributed by atoms with Crippen molar-refractivity contribution in [2.24, 2.45) is 0 Å². The molecule has 0 saturated carbocycles. The van der Waals surface area contributed by atoms with E-state index >= 15 is 0 Å². The highest BCUT2D eigenvalue weighted by atomic mass is 15.1. The van der Waals surface area contributed by atoms with Crippen molar-refractivity contribution in [2.45, 2.75) is 0 Å². The molecule has 0 saturated heterocycles. The van der Waals surface area contributed by atoms with Crippen molar-refractivity contribution in [3.8, 4) is 74.0 Å². The molecule has 0 aliphatic rings. The van der Waals surface area contributed by atoms with Crippen molar-refractivity contribution in [3.05, 3.63) is 331 Å². The molecule has 19 aromatic rings. The van der Waals surface area contributed by atoms with E-state index in [-0.39, 0.29) is 0 Å². The Balaban J connectivity index is 1.09. The standard InChI is InChI=1S/C88H49N9/c1-91-60-47-59(48-61(51-60)92-2)84-85(94-74-33-15-6-24-63(74)64-25-7-16-34-75(64)94)83(58-45-54(52-89)44-55(46-58)53-90)86(95-76-35-17-8-26-65(76)66-27-9-18-36-77(66)95)88(87(84)96-78-37-19-10-28-67(78)68-29-11-20-38-79(68)96)97-80-39-21-13-31-70(80)72-50-57(41-43-82(72)97)56-40-42-81-71(49-56)69-30-12-14-32-73(69)93(81)62-22-4-3-5-23-62/h3-51H. The van der Waals surface area contributed by atoms with Crippen molar-refractivity contribution >= 4 is 120 Å². The van der Waals surface area contributed by atoms with Crippen LogP contribution in [0.25, 0.3) is 181 Å². The SMILES string of the molecule is [C-]#[N+]c1cc([N+]#[C-])cc(-c2c(-n3c4ccccc4c4ccccc43)c(-c3cc(C#N)cc(C#N)c3)c(-n3c4ccccc4c4ccccc43)c(-n3c4ccccc4c4cc(-c5ccc6c(c5)c5ccccc5n6-c5ccccc5)ccc43)c2-n2c3ccccc3c3ccccc32)c1. The first-order valence-electron chi connectivity index (χ1n) is 32.2. The molecule has 0 unspecified atom stereocenters. The van der Waals surface area contributed by atoms with Gasteiger partial charge >= 0.3 is 0 Å². The van der Waals surface area contributed by atoms with E-state index in [1.807, 2.05) is 24.3 Å². The van der Waals surface area contributed by atoms with Crippen LogP contribution in [0.2, 0.25) is 0 Å².